The van der Waals surface area contributed by atoms with Gasteiger partial charge in [0.1, 0.15) is 12.0 Å². The Kier molecular flexibility index (Phi) is 7.80. The molecule has 148 valence electrons. The molecule has 0 saturated heterocycles. The van der Waals surface area contributed by atoms with E-state index in [-0.39, 0.29) is 18.0 Å². The van der Waals surface area contributed by atoms with Gasteiger partial charge in [0.05, 0.1) is 12.0 Å². The molecule has 0 amide bonds. The molecule has 0 spiro atoms. The summed E-state index contributed by atoms with van der Waals surface area (Å²) in [5.41, 5.74) is 1.81. The summed E-state index contributed by atoms with van der Waals surface area (Å²) in [6.45, 7) is 3.95. The fourth-order valence-corrected chi connectivity index (χ4v) is 4.09. The van der Waals surface area contributed by atoms with E-state index in [1.54, 1.807) is 38.3 Å². The summed E-state index contributed by atoms with van der Waals surface area (Å²) >= 11 is 0. The Morgan fingerprint density at radius 2 is 1.75 bits per heavy atom. The van der Waals surface area contributed by atoms with Crippen molar-refractivity contribution < 1.29 is 17.9 Å². The summed E-state index contributed by atoms with van der Waals surface area (Å²) in [6.07, 6.45) is 1.13. The zero-order chi connectivity index (χ0) is 20.6. The highest BCUT2D eigenvalue weighted by atomic mass is 32.2. The van der Waals surface area contributed by atoms with Gasteiger partial charge in [-0.3, -0.25) is 0 Å². The van der Waals surface area contributed by atoms with Gasteiger partial charge in [-0.05, 0) is 43.3 Å². The molecule has 2 rings (SSSR count). The van der Waals surface area contributed by atoms with Crippen molar-refractivity contribution in [3.8, 4) is 17.6 Å². The van der Waals surface area contributed by atoms with E-state index >= 15 is 0 Å². The maximum atomic E-state index is 13.0. The number of ether oxygens (including phenoxy) is 1. The molecule has 5 nitrogen and oxygen atoms in total. The molecule has 0 radical (unpaired) electrons. The minimum atomic E-state index is -3.69. The van der Waals surface area contributed by atoms with Gasteiger partial charge in [-0.15, -0.1) is 0 Å². The second-order valence-corrected chi connectivity index (χ2v) is 8.51. The zero-order valence-electron chi connectivity index (χ0n) is 16.4. The minimum absolute atomic E-state index is 0.129. The van der Waals surface area contributed by atoms with Crippen LogP contribution in [0.5, 0.6) is 5.75 Å². The fraction of sp³-hybridized carbons (Fsp3) is 0.318. The fourth-order valence-electron chi connectivity index (χ4n) is 2.55. The van der Waals surface area contributed by atoms with Gasteiger partial charge in [0, 0.05) is 31.0 Å². The number of nitrogens with zero attached hydrogens (tertiary/aromatic N) is 1. The number of benzene rings is 2. The van der Waals surface area contributed by atoms with Crippen LogP contribution in [-0.4, -0.2) is 39.2 Å². The van der Waals surface area contributed by atoms with Gasteiger partial charge in [-0.2, -0.15) is 4.31 Å². The maximum Gasteiger partial charge on any atom is 0.243 e. The van der Waals surface area contributed by atoms with Gasteiger partial charge in [0.2, 0.25) is 10.0 Å². The number of aryl methyl sites for hydroxylation is 1. The van der Waals surface area contributed by atoms with E-state index in [0.717, 1.165) is 23.2 Å². The molecule has 1 unspecified atom stereocenters. The normalized spacial score (nSPS) is 12.1. The number of hydrogen-bond donors (Lipinski definition) is 0. The minimum Gasteiger partial charge on any atom is -0.497 e. The molecule has 28 heavy (non-hydrogen) atoms. The molecule has 0 N–H and O–H groups in total. The van der Waals surface area contributed by atoms with Crippen molar-refractivity contribution in [3.05, 3.63) is 59.7 Å². The number of sulfonamides is 1. The Balaban J connectivity index is 2.13. The molecular weight excluding hydrogens is 374 g/mol. The van der Waals surface area contributed by atoms with E-state index in [1.165, 1.54) is 4.31 Å². The standard InChI is InChI=1S/C22H25NO4S/c1-18-7-13-22(14-8-18)28(25,26)23(16-19(2)17-24)15-5-4-6-20-9-11-21(27-3)12-10-20/h7-14,17,19H,5,15-16H2,1-3H3. The third kappa shape index (κ3) is 5.95. The van der Waals surface area contributed by atoms with Crippen molar-refractivity contribution in [2.24, 2.45) is 5.92 Å². The summed E-state index contributed by atoms with van der Waals surface area (Å²) in [7, 11) is -2.09. The number of methoxy groups -OCH3 is 1. The maximum absolute atomic E-state index is 13.0. The average Bonchev–Trinajstić information content (AvgIpc) is 2.70. The van der Waals surface area contributed by atoms with E-state index < -0.39 is 15.9 Å². The first-order valence-electron chi connectivity index (χ1n) is 9.02. The highest BCUT2D eigenvalue weighted by Crippen LogP contribution is 2.18. The van der Waals surface area contributed by atoms with Gasteiger partial charge < -0.3 is 9.53 Å². The molecule has 6 heteroatoms. The largest absolute Gasteiger partial charge is 0.497 e. The van der Waals surface area contributed by atoms with Crippen LogP contribution in [0, 0.1) is 24.7 Å². The summed E-state index contributed by atoms with van der Waals surface area (Å²) in [5, 5.41) is 0. The second kappa shape index (κ2) is 10.1. The lowest BCUT2D eigenvalue weighted by molar-refractivity contribution is -0.110. The van der Waals surface area contributed by atoms with Crippen molar-refractivity contribution in [2.75, 3.05) is 20.2 Å². The monoisotopic (exact) mass is 399 g/mol. The predicted octanol–water partition coefficient (Wildman–Crippen LogP) is 3.27. The molecular formula is C22H25NO4S. The lowest BCUT2D eigenvalue weighted by atomic mass is 10.2. The molecule has 2 aromatic rings. The van der Waals surface area contributed by atoms with Crippen LogP contribution in [-0.2, 0) is 14.8 Å². The van der Waals surface area contributed by atoms with Crippen LogP contribution in [0.1, 0.15) is 24.5 Å². The van der Waals surface area contributed by atoms with Crippen LogP contribution in [0.2, 0.25) is 0 Å². The Morgan fingerprint density at radius 1 is 1.11 bits per heavy atom. The Labute approximate surface area is 167 Å². The third-order valence-corrected chi connectivity index (χ3v) is 6.07. The SMILES string of the molecule is COc1ccc(C#CCCN(CC(C)C=O)S(=O)(=O)c2ccc(C)cc2)cc1. The van der Waals surface area contributed by atoms with Crippen LogP contribution in [0.3, 0.4) is 0 Å². The number of aldehydes is 1. The second-order valence-electron chi connectivity index (χ2n) is 6.57. The molecule has 2 aromatic carbocycles. The van der Waals surface area contributed by atoms with Gasteiger partial charge >= 0.3 is 0 Å². The van der Waals surface area contributed by atoms with Gasteiger partial charge in [-0.1, -0.05) is 36.5 Å². The van der Waals surface area contributed by atoms with Crippen molar-refractivity contribution in [3.63, 3.8) is 0 Å². The van der Waals surface area contributed by atoms with E-state index in [1.807, 2.05) is 31.2 Å². The quantitative estimate of drug-likeness (QED) is 0.505. The number of rotatable bonds is 8. The molecule has 0 fully saturated rings. The van der Waals surface area contributed by atoms with Crippen LogP contribution in [0.15, 0.2) is 53.4 Å². The summed E-state index contributed by atoms with van der Waals surface area (Å²) in [4.78, 5) is 11.3. The van der Waals surface area contributed by atoms with Crippen LogP contribution >= 0.6 is 0 Å². The van der Waals surface area contributed by atoms with E-state index in [0.29, 0.717) is 6.42 Å². The summed E-state index contributed by atoms with van der Waals surface area (Å²) in [6, 6.07) is 14.0. The molecule has 0 aliphatic rings. The number of carbonyl (C=O) groups excluding carboxylic acids is 1. The summed E-state index contributed by atoms with van der Waals surface area (Å²) in [5.74, 6) is 6.39. The molecule has 0 aromatic heterocycles. The van der Waals surface area contributed by atoms with Crippen LogP contribution in [0.25, 0.3) is 0 Å². The van der Waals surface area contributed by atoms with Crippen molar-refractivity contribution >= 4 is 16.3 Å². The van der Waals surface area contributed by atoms with E-state index in [9.17, 15) is 13.2 Å². The van der Waals surface area contributed by atoms with Crippen molar-refractivity contribution in [2.45, 2.75) is 25.2 Å². The highest BCUT2D eigenvalue weighted by molar-refractivity contribution is 7.89. The Morgan fingerprint density at radius 3 is 2.32 bits per heavy atom. The first-order valence-corrected chi connectivity index (χ1v) is 10.5. The topological polar surface area (TPSA) is 63.7 Å². The molecule has 0 saturated carbocycles. The third-order valence-electron chi connectivity index (χ3n) is 4.19. The molecule has 0 bridgehead atoms. The molecule has 0 aliphatic carbocycles. The highest BCUT2D eigenvalue weighted by Gasteiger charge is 2.25. The molecule has 0 aliphatic heterocycles. The first kappa shape index (κ1) is 21.7. The van der Waals surface area contributed by atoms with E-state index in [2.05, 4.69) is 11.8 Å². The Bertz CT molecular complexity index is 939. The van der Waals surface area contributed by atoms with Crippen molar-refractivity contribution in [1.29, 1.82) is 0 Å². The number of hydrogen-bond acceptors (Lipinski definition) is 4. The van der Waals surface area contributed by atoms with Gasteiger partial charge in [-0.25, -0.2) is 8.42 Å². The molecule has 0 heterocycles. The van der Waals surface area contributed by atoms with Crippen LogP contribution < -0.4 is 4.74 Å². The first-order chi connectivity index (χ1) is 13.4. The smallest absolute Gasteiger partial charge is 0.243 e. The van der Waals surface area contributed by atoms with Gasteiger partial charge in [0.25, 0.3) is 0 Å². The zero-order valence-corrected chi connectivity index (χ0v) is 17.2. The average molecular weight is 400 g/mol. The van der Waals surface area contributed by atoms with Gasteiger partial charge in [0.15, 0.2) is 0 Å². The lowest BCUT2D eigenvalue weighted by Gasteiger charge is -2.22. The Hall–Kier alpha value is -2.62. The van der Waals surface area contributed by atoms with Crippen LogP contribution in [0.4, 0.5) is 0 Å². The summed E-state index contributed by atoms with van der Waals surface area (Å²) < 4.78 is 32.4. The molecule has 1 atom stereocenters. The van der Waals surface area contributed by atoms with E-state index in [4.69, 9.17) is 4.74 Å². The van der Waals surface area contributed by atoms with Crippen molar-refractivity contribution in [1.82, 2.24) is 4.31 Å². The number of carbonyl (C=O) groups is 1. The predicted molar refractivity (Wildman–Crippen MR) is 110 cm³/mol. The lowest BCUT2D eigenvalue weighted by Crippen LogP contribution is -2.36.